The first-order valence-electron chi connectivity index (χ1n) is 6.03. The lowest BCUT2D eigenvalue weighted by Gasteiger charge is -2.36. The molecule has 0 radical (unpaired) electrons. The Balaban J connectivity index is 1.78. The van der Waals surface area contributed by atoms with Gasteiger partial charge in [0.05, 0.1) is 5.60 Å². The minimum atomic E-state index is -0.648. The monoisotopic (exact) mass is 280 g/mol. The minimum absolute atomic E-state index is 0.0867. The van der Waals surface area contributed by atoms with Crippen LogP contribution in [0.1, 0.15) is 19.3 Å². The van der Waals surface area contributed by atoms with Crippen molar-refractivity contribution >= 4 is 17.5 Å². The van der Waals surface area contributed by atoms with Crippen molar-refractivity contribution in [3.05, 3.63) is 23.7 Å². The van der Waals surface area contributed by atoms with Crippen LogP contribution in [0.15, 0.2) is 18.5 Å². The molecule has 0 atom stereocenters. The van der Waals surface area contributed by atoms with E-state index in [1.807, 2.05) is 0 Å². The second kappa shape index (κ2) is 4.75. The van der Waals surface area contributed by atoms with Crippen LogP contribution in [0.25, 0.3) is 5.95 Å². The summed E-state index contributed by atoms with van der Waals surface area (Å²) in [5.41, 5.74) is -0.648. The summed E-state index contributed by atoms with van der Waals surface area (Å²) in [4.78, 5) is 12.2. The molecule has 2 aromatic rings. The van der Waals surface area contributed by atoms with Crippen molar-refractivity contribution < 1.29 is 5.11 Å². The standard InChI is InChI=1S/C11H13ClN6O/c12-8-15-9(13-7-11(19)3-1-4-11)17-10(16-8)18-6-2-5-14-18/h2,5-6,19H,1,3-4,7H2,(H,13,15,16,17). The van der Waals surface area contributed by atoms with Crippen molar-refractivity contribution in [2.45, 2.75) is 24.9 Å². The molecule has 1 aliphatic carbocycles. The minimum Gasteiger partial charge on any atom is -0.388 e. The average Bonchev–Trinajstić information content (AvgIpc) is 2.87. The van der Waals surface area contributed by atoms with E-state index < -0.39 is 5.60 Å². The second-order valence-corrected chi connectivity index (χ2v) is 4.95. The first kappa shape index (κ1) is 12.3. The number of hydrogen-bond donors (Lipinski definition) is 2. The van der Waals surface area contributed by atoms with Gasteiger partial charge in [-0.25, -0.2) is 4.68 Å². The lowest BCUT2D eigenvalue weighted by Crippen LogP contribution is -2.43. The summed E-state index contributed by atoms with van der Waals surface area (Å²) < 4.78 is 1.50. The number of nitrogens with one attached hydrogen (secondary N) is 1. The van der Waals surface area contributed by atoms with Gasteiger partial charge in [-0.3, -0.25) is 0 Å². The predicted molar refractivity (Wildman–Crippen MR) is 69.2 cm³/mol. The van der Waals surface area contributed by atoms with Crippen LogP contribution in [0.4, 0.5) is 5.95 Å². The summed E-state index contributed by atoms with van der Waals surface area (Å²) in [6.07, 6.45) is 5.99. The summed E-state index contributed by atoms with van der Waals surface area (Å²) in [6.45, 7) is 0.409. The molecule has 100 valence electrons. The molecule has 0 aliphatic heterocycles. The maximum atomic E-state index is 10.0. The topological polar surface area (TPSA) is 88.8 Å². The second-order valence-electron chi connectivity index (χ2n) is 4.61. The lowest BCUT2D eigenvalue weighted by molar-refractivity contribution is -0.0203. The SMILES string of the molecule is OC1(CNc2nc(Cl)nc(-n3cccn3)n2)CCC1. The van der Waals surface area contributed by atoms with Crippen LogP contribution in [-0.2, 0) is 0 Å². The van der Waals surface area contributed by atoms with Crippen molar-refractivity contribution in [3.8, 4) is 5.95 Å². The number of nitrogens with zero attached hydrogens (tertiary/aromatic N) is 5. The van der Waals surface area contributed by atoms with Gasteiger partial charge >= 0.3 is 0 Å². The van der Waals surface area contributed by atoms with Crippen molar-refractivity contribution in [2.24, 2.45) is 0 Å². The molecule has 1 aliphatic rings. The highest BCUT2D eigenvalue weighted by Gasteiger charge is 2.34. The summed E-state index contributed by atoms with van der Waals surface area (Å²) in [5.74, 6) is 0.680. The Kier molecular flexibility index (Phi) is 3.08. The van der Waals surface area contributed by atoms with Crippen molar-refractivity contribution in [1.29, 1.82) is 0 Å². The molecule has 0 amide bonds. The first-order chi connectivity index (χ1) is 9.15. The van der Waals surface area contributed by atoms with E-state index in [2.05, 4.69) is 25.4 Å². The Morgan fingerprint density at radius 1 is 1.37 bits per heavy atom. The molecule has 2 heterocycles. The maximum absolute atomic E-state index is 10.0. The predicted octanol–water partition coefficient (Wildman–Crippen LogP) is 1.04. The third-order valence-corrected chi connectivity index (χ3v) is 3.33. The van der Waals surface area contributed by atoms with Crippen LogP contribution in [0.3, 0.4) is 0 Å². The van der Waals surface area contributed by atoms with E-state index in [1.54, 1.807) is 18.5 Å². The van der Waals surface area contributed by atoms with Crippen LogP contribution in [0.2, 0.25) is 5.28 Å². The number of halogens is 1. The van der Waals surface area contributed by atoms with Gasteiger partial charge in [0.2, 0.25) is 11.2 Å². The molecule has 0 unspecified atom stereocenters. The molecule has 19 heavy (non-hydrogen) atoms. The van der Waals surface area contributed by atoms with Gasteiger partial charge in [0.1, 0.15) is 0 Å². The van der Waals surface area contributed by atoms with Crippen LogP contribution in [0, 0.1) is 0 Å². The molecule has 0 saturated heterocycles. The molecular formula is C11H13ClN6O. The summed E-state index contributed by atoms with van der Waals surface area (Å²) in [6, 6.07) is 1.77. The quantitative estimate of drug-likeness (QED) is 0.870. The largest absolute Gasteiger partial charge is 0.388 e. The fourth-order valence-corrected chi connectivity index (χ4v) is 2.07. The van der Waals surface area contributed by atoms with E-state index in [0.717, 1.165) is 19.3 Å². The lowest BCUT2D eigenvalue weighted by atomic mass is 9.80. The van der Waals surface area contributed by atoms with E-state index in [9.17, 15) is 5.11 Å². The first-order valence-corrected chi connectivity index (χ1v) is 6.40. The van der Waals surface area contributed by atoms with Gasteiger partial charge in [0.25, 0.3) is 5.95 Å². The highest BCUT2D eigenvalue weighted by atomic mass is 35.5. The molecule has 3 rings (SSSR count). The molecule has 0 bridgehead atoms. The van der Waals surface area contributed by atoms with Crippen molar-refractivity contribution in [3.63, 3.8) is 0 Å². The van der Waals surface area contributed by atoms with E-state index in [0.29, 0.717) is 18.4 Å². The van der Waals surface area contributed by atoms with E-state index in [-0.39, 0.29) is 5.28 Å². The normalized spacial score (nSPS) is 16.9. The van der Waals surface area contributed by atoms with Gasteiger partial charge in [0, 0.05) is 18.9 Å². The fraction of sp³-hybridized carbons (Fsp3) is 0.455. The molecule has 1 saturated carbocycles. The van der Waals surface area contributed by atoms with Gasteiger partial charge in [-0.1, -0.05) is 0 Å². The third kappa shape index (κ3) is 2.66. The molecule has 0 aromatic carbocycles. The smallest absolute Gasteiger partial charge is 0.256 e. The van der Waals surface area contributed by atoms with E-state index in [1.165, 1.54) is 4.68 Å². The Labute approximate surface area is 114 Å². The average molecular weight is 281 g/mol. The van der Waals surface area contributed by atoms with Crippen LogP contribution < -0.4 is 5.32 Å². The summed E-state index contributed by atoms with van der Waals surface area (Å²) in [5, 5.41) is 17.1. The molecule has 2 N–H and O–H groups in total. The fourth-order valence-electron chi connectivity index (χ4n) is 1.91. The Bertz CT molecular complexity index is 569. The maximum Gasteiger partial charge on any atom is 0.256 e. The van der Waals surface area contributed by atoms with Crippen LogP contribution in [0.5, 0.6) is 0 Å². The molecule has 2 aromatic heterocycles. The molecule has 7 nitrogen and oxygen atoms in total. The zero-order chi connectivity index (χ0) is 13.3. The van der Waals surface area contributed by atoms with Gasteiger partial charge in [-0.2, -0.15) is 20.1 Å². The number of hydrogen-bond acceptors (Lipinski definition) is 6. The van der Waals surface area contributed by atoms with Crippen molar-refractivity contribution in [1.82, 2.24) is 24.7 Å². The Morgan fingerprint density at radius 2 is 2.21 bits per heavy atom. The molecule has 8 heteroatoms. The van der Waals surface area contributed by atoms with Crippen molar-refractivity contribution in [2.75, 3.05) is 11.9 Å². The highest BCUT2D eigenvalue weighted by Crippen LogP contribution is 2.31. The Morgan fingerprint density at radius 3 is 2.84 bits per heavy atom. The van der Waals surface area contributed by atoms with E-state index >= 15 is 0 Å². The highest BCUT2D eigenvalue weighted by molar-refractivity contribution is 6.28. The third-order valence-electron chi connectivity index (χ3n) is 3.17. The van der Waals surface area contributed by atoms with Gasteiger partial charge < -0.3 is 10.4 Å². The van der Waals surface area contributed by atoms with Gasteiger partial charge in [-0.15, -0.1) is 0 Å². The number of rotatable bonds is 4. The molecule has 1 fully saturated rings. The number of aliphatic hydroxyl groups is 1. The molecular weight excluding hydrogens is 268 g/mol. The van der Waals surface area contributed by atoms with Crippen LogP contribution >= 0.6 is 11.6 Å². The number of anilines is 1. The summed E-state index contributed by atoms with van der Waals surface area (Å²) in [7, 11) is 0. The summed E-state index contributed by atoms with van der Waals surface area (Å²) >= 11 is 5.86. The number of aromatic nitrogens is 5. The zero-order valence-corrected chi connectivity index (χ0v) is 10.9. The Hall–Kier alpha value is -1.73. The zero-order valence-electron chi connectivity index (χ0n) is 10.1. The van der Waals surface area contributed by atoms with Gasteiger partial charge in [0.15, 0.2) is 0 Å². The van der Waals surface area contributed by atoms with Gasteiger partial charge in [-0.05, 0) is 36.9 Å². The van der Waals surface area contributed by atoms with E-state index in [4.69, 9.17) is 11.6 Å². The molecule has 0 spiro atoms. The van der Waals surface area contributed by atoms with Crippen LogP contribution in [-0.4, -0.2) is 42.0 Å².